The lowest BCUT2D eigenvalue weighted by Gasteiger charge is -2.08. The Morgan fingerprint density at radius 1 is 1.00 bits per heavy atom. The number of rotatable bonds is 4. The van der Waals surface area contributed by atoms with E-state index < -0.39 is 0 Å². The van der Waals surface area contributed by atoms with Crippen LogP contribution >= 0.6 is 0 Å². The summed E-state index contributed by atoms with van der Waals surface area (Å²) in [4.78, 5) is 27.8. The summed E-state index contributed by atoms with van der Waals surface area (Å²) in [5.74, 6) is 0. The van der Waals surface area contributed by atoms with Crippen LogP contribution in [0.15, 0.2) is 22.1 Å². The summed E-state index contributed by atoms with van der Waals surface area (Å²) < 4.78 is 0. The molecule has 0 aliphatic carbocycles. The average Bonchev–Trinajstić information content (AvgIpc) is 2.31. The van der Waals surface area contributed by atoms with Crippen LogP contribution in [-0.2, 0) is 22.4 Å². The molecule has 0 aliphatic rings. The van der Waals surface area contributed by atoms with Gasteiger partial charge in [0.2, 0.25) is 12.2 Å². The standard InChI is InChI=1S/C12H12N2O2/c1-3-9-5-11(13-7-15)6-10(4-2)12(9)14-8-16/h5-6H,3-4H2,1-2H3. The topological polar surface area (TPSA) is 58.9 Å². The molecule has 0 bridgehead atoms. The van der Waals surface area contributed by atoms with Crippen LogP contribution in [0.2, 0.25) is 0 Å². The molecule has 0 radical (unpaired) electrons. The minimum Gasteiger partial charge on any atom is -0.211 e. The van der Waals surface area contributed by atoms with Gasteiger partial charge in [0.15, 0.2) is 0 Å². The van der Waals surface area contributed by atoms with E-state index in [1.54, 1.807) is 18.2 Å². The van der Waals surface area contributed by atoms with E-state index in [0.717, 1.165) is 24.0 Å². The zero-order chi connectivity index (χ0) is 12.0. The largest absolute Gasteiger partial charge is 0.240 e. The Morgan fingerprint density at radius 3 is 1.88 bits per heavy atom. The summed E-state index contributed by atoms with van der Waals surface area (Å²) in [5, 5.41) is 0. The van der Waals surface area contributed by atoms with Gasteiger partial charge in [-0.1, -0.05) is 13.8 Å². The smallest absolute Gasteiger partial charge is 0.211 e. The molecule has 0 saturated carbocycles. The van der Waals surface area contributed by atoms with E-state index in [2.05, 4.69) is 9.98 Å². The fraction of sp³-hybridized carbons (Fsp3) is 0.333. The van der Waals surface area contributed by atoms with Gasteiger partial charge in [-0.15, -0.1) is 0 Å². The first kappa shape index (κ1) is 12.1. The molecule has 1 aromatic rings. The number of aryl methyl sites for hydroxylation is 2. The van der Waals surface area contributed by atoms with Crippen molar-refractivity contribution in [2.24, 2.45) is 9.98 Å². The maximum Gasteiger partial charge on any atom is 0.240 e. The number of carbonyl (C=O) groups excluding carboxylic acids is 2. The van der Waals surface area contributed by atoms with Gasteiger partial charge in [-0.25, -0.2) is 9.59 Å². The van der Waals surface area contributed by atoms with E-state index in [1.165, 1.54) is 6.08 Å². The number of benzene rings is 1. The molecule has 0 spiro atoms. The Bertz CT molecular complexity index is 457. The zero-order valence-electron chi connectivity index (χ0n) is 9.28. The molecule has 0 amide bonds. The van der Waals surface area contributed by atoms with Gasteiger partial charge >= 0.3 is 0 Å². The molecule has 82 valence electrons. The molecule has 0 N–H and O–H groups in total. The molecule has 0 unspecified atom stereocenters. The van der Waals surface area contributed by atoms with E-state index in [-0.39, 0.29) is 0 Å². The number of aliphatic imine (C=N–C) groups is 2. The van der Waals surface area contributed by atoms with Gasteiger partial charge in [0.25, 0.3) is 0 Å². The number of isocyanates is 2. The van der Waals surface area contributed by atoms with Crippen molar-refractivity contribution < 1.29 is 9.59 Å². The van der Waals surface area contributed by atoms with Crippen LogP contribution in [0.25, 0.3) is 0 Å². The molecule has 0 aliphatic heterocycles. The van der Waals surface area contributed by atoms with E-state index >= 15 is 0 Å². The molecule has 0 saturated heterocycles. The molecule has 0 atom stereocenters. The highest BCUT2D eigenvalue weighted by atomic mass is 16.1. The lowest BCUT2D eigenvalue weighted by molar-refractivity contribution is 0.564. The monoisotopic (exact) mass is 216 g/mol. The Hall–Kier alpha value is -2.02. The molecule has 1 rings (SSSR count). The van der Waals surface area contributed by atoms with Gasteiger partial charge in [0, 0.05) is 0 Å². The van der Waals surface area contributed by atoms with Gasteiger partial charge in [-0.2, -0.15) is 9.98 Å². The first-order chi connectivity index (χ1) is 7.76. The van der Waals surface area contributed by atoms with Crippen LogP contribution in [0.4, 0.5) is 11.4 Å². The maximum absolute atomic E-state index is 10.3. The van der Waals surface area contributed by atoms with Crippen LogP contribution in [0.3, 0.4) is 0 Å². The van der Waals surface area contributed by atoms with Crippen LogP contribution in [0.5, 0.6) is 0 Å². The second kappa shape index (κ2) is 5.76. The van der Waals surface area contributed by atoms with E-state index in [0.29, 0.717) is 11.4 Å². The molecular formula is C12H12N2O2. The minimum absolute atomic E-state index is 0.550. The summed E-state index contributed by atoms with van der Waals surface area (Å²) in [6.45, 7) is 3.90. The SMILES string of the molecule is CCc1cc(N=C=O)cc(CC)c1N=C=O. The molecule has 0 fully saturated rings. The first-order valence-electron chi connectivity index (χ1n) is 5.08. The molecule has 0 aromatic heterocycles. The zero-order valence-corrected chi connectivity index (χ0v) is 9.28. The first-order valence-corrected chi connectivity index (χ1v) is 5.08. The summed E-state index contributed by atoms with van der Waals surface area (Å²) in [7, 11) is 0. The highest BCUT2D eigenvalue weighted by Gasteiger charge is 2.08. The third kappa shape index (κ3) is 2.51. The highest BCUT2D eigenvalue weighted by molar-refractivity contribution is 5.65. The second-order valence-electron chi connectivity index (χ2n) is 3.23. The lowest BCUT2D eigenvalue weighted by Crippen LogP contribution is -1.88. The molecule has 4 nitrogen and oxygen atoms in total. The van der Waals surface area contributed by atoms with Crippen LogP contribution < -0.4 is 0 Å². The quantitative estimate of drug-likeness (QED) is 0.574. The summed E-state index contributed by atoms with van der Waals surface area (Å²) in [6.07, 6.45) is 4.49. The van der Waals surface area contributed by atoms with Gasteiger partial charge < -0.3 is 0 Å². The van der Waals surface area contributed by atoms with Crippen molar-refractivity contribution in [3.05, 3.63) is 23.3 Å². The van der Waals surface area contributed by atoms with Crippen LogP contribution in [0, 0.1) is 0 Å². The summed E-state index contributed by atoms with van der Waals surface area (Å²) in [5.41, 5.74) is 2.96. The molecule has 4 heteroatoms. The van der Waals surface area contributed by atoms with E-state index in [9.17, 15) is 9.59 Å². The molecule has 1 aromatic carbocycles. The van der Waals surface area contributed by atoms with E-state index in [1.807, 2.05) is 13.8 Å². The fourth-order valence-electron chi connectivity index (χ4n) is 1.59. The Morgan fingerprint density at radius 2 is 1.50 bits per heavy atom. The number of hydrogen-bond donors (Lipinski definition) is 0. The van der Waals surface area contributed by atoms with Gasteiger partial charge in [0.1, 0.15) is 0 Å². The van der Waals surface area contributed by atoms with Gasteiger partial charge in [0.05, 0.1) is 11.4 Å². The number of hydrogen-bond acceptors (Lipinski definition) is 4. The lowest BCUT2D eigenvalue weighted by atomic mass is 10.0. The second-order valence-corrected chi connectivity index (χ2v) is 3.23. The normalized spacial score (nSPS) is 9.12. The Labute approximate surface area is 93.7 Å². The highest BCUT2D eigenvalue weighted by Crippen LogP contribution is 2.30. The summed E-state index contributed by atoms with van der Waals surface area (Å²) in [6, 6.07) is 3.47. The summed E-state index contributed by atoms with van der Waals surface area (Å²) >= 11 is 0. The predicted molar refractivity (Wildman–Crippen MR) is 60.8 cm³/mol. The third-order valence-corrected chi connectivity index (χ3v) is 2.35. The van der Waals surface area contributed by atoms with Crippen molar-refractivity contribution in [2.45, 2.75) is 26.7 Å². The fourth-order valence-corrected chi connectivity index (χ4v) is 1.59. The Kier molecular flexibility index (Phi) is 4.34. The minimum atomic E-state index is 0.550. The Balaban J connectivity index is 3.47. The molecular weight excluding hydrogens is 204 g/mol. The third-order valence-electron chi connectivity index (χ3n) is 2.35. The van der Waals surface area contributed by atoms with Crippen LogP contribution in [-0.4, -0.2) is 12.2 Å². The van der Waals surface area contributed by atoms with Crippen molar-refractivity contribution >= 4 is 23.5 Å². The average molecular weight is 216 g/mol. The van der Waals surface area contributed by atoms with Crippen molar-refractivity contribution in [3.63, 3.8) is 0 Å². The predicted octanol–water partition coefficient (Wildman–Crippen LogP) is 2.75. The van der Waals surface area contributed by atoms with E-state index in [4.69, 9.17) is 0 Å². The van der Waals surface area contributed by atoms with Gasteiger partial charge in [-0.05, 0) is 36.1 Å². The van der Waals surface area contributed by atoms with Crippen molar-refractivity contribution in [3.8, 4) is 0 Å². The maximum atomic E-state index is 10.3. The molecule has 16 heavy (non-hydrogen) atoms. The molecule has 0 heterocycles. The van der Waals surface area contributed by atoms with Crippen molar-refractivity contribution in [2.75, 3.05) is 0 Å². The van der Waals surface area contributed by atoms with Crippen molar-refractivity contribution in [1.82, 2.24) is 0 Å². The number of nitrogens with zero attached hydrogens (tertiary/aromatic N) is 2. The van der Waals surface area contributed by atoms with Crippen LogP contribution in [0.1, 0.15) is 25.0 Å². The van der Waals surface area contributed by atoms with Gasteiger partial charge in [-0.3, -0.25) is 0 Å². The van der Waals surface area contributed by atoms with Crippen molar-refractivity contribution in [1.29, 1.82) is 0 Å².